The average molecular weight is 396 g/mol. The fourth-order valence-electron chi connectivity index (χ4n) is 4.46. The van der Waals surface area contributed by atoms with Crippen molar-refractivity contribution in [1.29, 1.82) is 0 Å². The number of carbonyl (C=O) groups excluding carboxylic acids is 1. The van der Waals surface area contributed by atoms with E-state index < -0.39 is 5.92 Å². The lowest BCUT2D eigenvalue weighted by Crippen LogP contribution is -2.43. The van der Waals surface area contributed by atoms with Crippen LogP contribution in [0.1, 0.15) is 41.3 Å². The minimum Gasteiger partial charge on any atom is -0.493 e. The first-order chi connectivity index (χ1) is 14.0. The molecule has 0 fully saturated rings. The molecule has 3 heterocycles. The zero-order chi connectivity index (χ0) is 20.3. The molecule has 0 radical (unpaired) electrons. The van der Waals surface area contributed by atoms with Crippen molar-refractivity contribution in [2.75, 3.05) is 20.8 Å². The molecule has 0 saturated heterocycles. The Kier molecular flexibility index (Phi) is 4.12. The molecule has 0 saturated carbocycles. The Morgan fingerprint density at radius 3 is 2.52 bits per heavy atom. The number of hydrogen-bond donors (Lipinski definition) is 0. The smallest absolute Gasteiger partial charge is 0.178 e. The monoisotopic (exact) mass is 396 g/mol. The Bertz CT molecular complexity index is 995. The second-order valence-corrected chi connectivity index (χ2v) is 8.08. The summed E-state index contributed by atoms with van der Waals surface area (Å²) in [6.45, 7) is 4.58. The predicted octanol–water partition coefficient (Wildman–Crippen LogP) is 3.78. The van der Waals surface area contributed by atoms with E-state index >= 15 is 0 Å². The van der Waals surface area contributed by atoms with Crippen LogP contribution < -0.4 is 23.7 Å². The molecule has 2 aromatic carbocycles. The van der Waals surface area contributed by atoms with E-state index in [9.17, 15) is 4.79 Å². The first-order valence-electron chi connectivity index (χ1n) is 9.94. The number of Topliss-reactive ketones (excluding diaryl/α,β-unsaturated/α-hetero) is 1. The zero-order valence-corrected chi connectivity index (χ0v) is 17.0. The maximum Gasteiger partial charge on any atom is 0.178 e. The van der Waals surface area contributed by atoms with E-state index in [2.05, 4.69) is 13.8 Å². The molecule has 3 aliphatic rings. The molecule has 6 nitrogen and oxygen atoms in total. The van der Waals surface area contributed by atoms with E-state index in [0.29, 0.717) is 41.1 Å². The molecular formula is C23H24O6. The van der Waals surface area contributed by atoms with Crippen molar-refractivity contribution in [2.45, 2.75) is 38.4 Å². The summed E-state index contributed by atoms with van der Waals surface area (Å²) < 4.78 is 29.2. The van der Waals surface area contributed by atoms with E-state index in [1.165, 1.54) is 0 Å². The number of benzene rings is 2. The molecule has 2 aromatic rings. The lowest BCUT2D eigenvalue weighted by molar-refractivity contribution is 0.0554. The van der Waals surface area contributed by atoms with Gasteiger partial charge >= 0.3 is 0 Å². The van der Waals surface area contributed by atoms with Crippen LogP contribution in [0.25, 0.3) is 0 Å². The highest BCUT2D eigenvalue weighted by atomic mass is 16.5. The summed E-state index contributed by atoms with van der Waals surface area (Å²) in [6.07, 6.45) is 0.474. The zero-order valence-electron chi connectivity index (χ0n) is 17.0. The number of ketones is 1. The largest absolute Gasteiger partial charge is 0.493 e. The molecule has 0 aromatic heterocycles. The SMILES string of the molecule is COc1cc2c(cc1OC)[C@@H]1C(=O)c3ccc4c(c3OC1CO2)CC(C(C)C)O4. The number of fused-ring (bicyclic) bond motifs is 6. The van der Waals surface area contributed by atoms with Gasteiger partial charge in [0.25, 0.3) is 0 Å². The van der Waals surface area contributed by atoms with E-state index in [1.807, 2.05) is 18.2 Å². The van der Waals surface area contributed by atoms with E-state index in [4.69, 9.17) is 23.7 Å². The Morgan fingerprint density at radius 2 is 1.79 bits per heavy atom. The highest BCUT2D eigenvalue weighted by molar-refractivity contribution is 6.06. The van der Waals surface area contributed by atoms with Gasteiger partial charge in [0.1, 0.15) is 36.1 Å². The Balaban J connectivity index is 1.57. The lowest BCUT2D eigenvalue weighted by atomic mass is 9.81. The van der Waals surface area contributed by atoms with Crippen LogP contribution in [0.4, 0.5) is 0 Å². The van der Waals surface area contributed by atoms with Crippen LogP contribution in [0, 0.1) is 5.92 Å². The molecule has 0 aliphatic carbocycles. The van der Waals surface area contributed by atoms with Gasteiger partial charge in [0, 0.05) is 23.6 Å². The molecule has 0 amide bonds. The third-order valence-electron chi connectivity index (χ3n) is 6.09. The first-order valence-corrected chi connectivity index (χ1v) is 9.94. The van der Waals surface area contributed by atoms with Gasteiger partial charge in [0.05, 0.1) is 25.7 Å². The van der Waals surface area contributed by atoms with Crippen LogP contribution >= 0.6 is 0 Å². The Morgan fingerprint density at radius 1 is 1.03 bits per heavy atom. The van der Waals surface area contributed by atoms with Crippen molar-refractivity contribution in [3.05, 3.63) is 41.0 Å². The summed E-state index contributed by atoms with van der Waals surface area (Å²) >= 11 is 0. The van der Waals surface area contributed by atoms with Crippen LogP contribution in [-0.4, -0.2) is 38.8 Å². The van der Waals surface area contributed by atoms with Gasteiger partial charge in [-0.05, 0) is 24.1 Å². The van der Waals surface area contributed by atoms with Gasteiger partial charge in [-0.3, -0.25) is 4.79 Å². The highest BCUT2D eigenvalue weighted by Crippen LogP contribution is 2.49. The molecule has 0 bridgehead atoms. The Hall–Kier alpha value is -2.89. The van der Waals surface area contributed by atoms with Crippen molar-refractivity contribution in [3.63, 3.8) is 0 Å². The molecule has 3 aliphatic heterocycles. The number of methoxy groups -OCH3 is 2. The fourth-order valence-corrected chi connectivity index (χ4v) is 4.46. The quantitative estimate of drug-likeness (QED) is 0.787. The van der Waals surface area contributed by atoms with Gasteiger partial charge in [-0.25, -0.2) is 0 Å². The van der Waals surface area contributed by atoms with E-state index in [-0.39, 0.29) is 18.0 Å². The fraction of sp³-hybridized carbons (Fsp3) is 0.435. The van der Waals surface area contributed by atoms with Gasteiger partial charge in [-0.2, -0.15) is 0 Å². The Labute approximate surface area is 169 Å². The van der Waals surface area contributed by atoms with Gasteiger partial charge in [0.2, 0.25) is 0 Å². The van der Waals surface area contributed by atoms with Crippen LogP contribution in [0.2, 0.25) is 0 Å². The molecule has 2 unspecified atom stereocenters. The normalized spacial score (nSPS) is 23.8. The number of ether oxygens (including phenoxy) is 5. The molecule has 3 atom stereocenters. The average Bonchev–Trinajstić information content (AvgIpc) is 3.17. The van der Waals surface area contributed by atoms with Crippen molar-refractivity contribution in [3.8, 4) is 28.7 Å². The summed E-state index contributed by atoms with van der Waals surface area (Å²) in [7, 11) is 3.16. The second kappa shape index (κ2) is 6.58. The molecular weight excluding hydrogens is 372 g/mol. The van der Waals surface area contributed by atoms with Crippen LogP contribution in [0.3, 0.4) is 0 Å². The molecule has 0 spiro atoms. The van der Waals surface area contributed by atoms with Crippen molar-refractivity contribution >= 4 is 5.78 Å². The minimum absolute atomic E-state index is 0.0452. The number of rotatable bonds is 3. The van der Waals surface area contributed by atoms with Gasteiger partial charge in [-0.1, -0.05) is 13.8 Å². The summed E-state index contributed by atoms with van der Waals surface area (Å²) in [6, 6.07) is 7.32. The third-order valence-corrected chi connectivity index (χ3v) is 6.09. The van der Waals surface area contributed by atoms with Crippen molar-refractivity contribution in [1.82, 2.24) is 0 Å². The molecule has 0 N–H and O–H groups in total. The molecule has 6 heteroatoms. The van der Waals surface area contributed by atoms with Crippen LogP contribution in [-0.2, 0) is 6.42 Å². The topological polar surface area (TPSA) is 63.2 Å². The van der Waals surface area contributed by atoms with Crippen LogP contribution in [0.15, 0.2) is 24.3 Å². The van der Waals surface area contributed by atoms with E-state index in [1.54, 1.807) is 20.3 Å². The lowest BCUT2D eigenvalue weighted by Gasteiger charge is -2.37. The molecule has 5 rings (SSSR count). The maximum absolute atomic E-state index is 13.5. The molecule has 29 heavy (non-hydrogen) atoms. The predicted molar refractivity (Wildman–Crippen MR) is 106 cm³/mol. The van der Waals surface area contributed by atoms with Gasteiger partial charge < -0.3 is 23.7 Å². The molecule has 152 valence electrons. The minimum atomic E-state index is -0.438. The highest BCUT2D eigenvalue weighted by Gasteiger charge is 2.45. The summed E-state index contributed by atoms with van der Waals surface area (Å²) in [5.74, 6) is 3.24. The van der Waals surface area contributed by atoms with Crippen LogP contribution in [0.5, 0.6) is 28.7 Å². The van der Waals surface area contributed by atoms with Gasteiger partial charge in [0.15, 0.2) is 17.3 Å². The number of carbonyl (C=O) groups is 1. The third kappa shape index (κ3) is 2.65. The van der Waals surface area contributed by atoms with Gasteiger partial charge in [-0.15, -0.1) is 0 Å². The van der Waals surface area contributed by atoms with E-state index in [0.717, 1.165) is 23.3 Å². The maximum atomic E-state index is 13.5. The van der Waals surface area contributed by atoms with Crippen molar-refractivity contribution in [2.24, 2.45) is 5.92 Å². The first kappa shape index (κ1) is 18.2. The standard InChI is InChI=1S/C23H24O6/c1-11(2)16-8-14-15(28-16)6-5-12-22(24)21-13-7-18(25-3)19(26-4)9-17(13)27-10-20(21)29-23(12)14/h5-7,9,11,16,20-21H,8,10H2,1-4H3/t16?,20?,21-/m0/s1. The van der Waals surface area contributed by atoms with Crippen molar-refractivity contribution < 1.29 is 28.5 Å². The summed E-state index contributed by atoms with van der Waals surface area (Å²) in [4.78, 5) is 13.5. The second-order valence-electron chi connectivity index (χ2n) is 8.08. The summed E-state index contributed by atoms with van der Waals surface area (Å²) in [5, 5.41) is 0. The summed E-state index contributed by atoms with van der Waals surface area (Å²) in [5.41, 5.74) is 2.37. The number of hydrogen-bond acceptors (Lipinski definition) is 6.